The molecule has 1 saturated carbocycles. The third-order valence-electron chi connectivity index (χ3n) is 3.95. The summed E-state index contributed by atoms with van der Waals surface area (Å²) in [5.41, 5.74) is 2.94. The SMILES string of the molecule is CC1(c2ccccc2)CC1c1ccc([O])cc1. The molecule has 1 fully saturated rings. The van der Waals surface area contributed by atoms with Crippen LogP contribution in [0.25, 0.3) is 0 Å². The van der Waals surface area contributed by atoms with Gasteiger partial charge in [-0.3, -0.25) is 5.11 Å². The highest BCUT2D eigenvalue weighted by Crippen LogP contribution is 2.60. The third-order valence-corrected chi connectivity index (χ3v) is 3.95. The third kappa shape index (κ3) is 1.72. The highest BCUT2D eigenvalue weighted by molar-refractivity contribution is 5.43. The van der Waals surface area contributed by atoms with Gasteiger partial charge in [0.05, 0.1) is 0 Å². The molecule has 1 heteroatoms. The van der Waals surface area contributed by atoms with Crippen molar-refractivity contribution in [2.45, 2.75) is 24.7 Å². The predicted octanol–water partition coefficient (Wildman–Crippen LogP) is 4.28. The standard InChI is InChI=1S/C16H15O/c1-16(13-5-3-2-4-6-13)11-15(16)12-7-9-14(17)10-8-12/h2-10,15H,11H2,1H3. The van der Waals surface area contributed by atoms with E-state index in [1.807, 2.05) is 12.1 Å². The summed E-state index contributed by atoms with van der Waals surface area (Å²) in [5, 5.41) is 11.1. The van der Waals surface area contributed by atoms with Crippen LogP contribution in [0.4, 0.5) is 0 Å². The molecule has 2 aromatic rings. The molecule has 1 radical (unpaired) electrons. The largest absolute Gasteiger partial charge is 0.290 e. The summed E-state index contributed by atoms with van der Waals surface area (Å²) in [6.45, 7) is 2.30. The smallest absolute Gasteiger partial charge is 0.178 e. The van der Waals surface area contributed by atoms with E-state index in [9.17, 15) is 5.11 Å². The average molecular weight is 223 g/mol. The van der Waals surface area contributed by atoms with Gasteiger partial charge >= 0.3 is 0 Å². The van der Waals surface area contributed by atoms with Crippen LogP contribution in [0.1, 0.15) is 30.4 Å². The van der Waals surface area contributed by atoms with Gasteiger partial charge in [-0.15, -0.1) is 0 Å². The van der Waals surface area contributed by atoms with Crippen molar-refractivity contribution < 1.29 is 5.11 Å². The van der Waals surface area contributed by atoms with Crippen molar-refractivity contribution in [1.82, 2.24) is 0 Å². The van der Waals surface area contributed by atoms with E-state index >= 15 is 0 Å². The molecule has 0 spiro atoms. The molecule has 0 aliphatic heterocycles. The number of hydrogen-bond acceptors (Lipinski definition) is 0. The van der Waals surface area contributed by atoms with E-state index in [-0.39, 0.29) is 11.2 Å². The minimum atomic E-state index is 0.0933. The lowest BCUT2D eigenvalue weighted by Gasteiger charge is -2.11. The summed E-state index contributed by atoms with van der Waals surface area (Å²) in [5.74, 6) is 0.654. The molecule has 2 unspecified atom stereocenters. The molecule has 1 aliphatic carbocycles. The molecular formula is C16H15O. The molecule has 2 aromatic carbocycles. The van der Waals surface area contributed by atoms with Gasteiger partial charge in [-0.05, 0) is 41.0 Å². The highest BCUT2D eigenvalue weighted by Gasteiger charge is 2.51. The van der Waals surface area contributed by atoms with E-state index in [2.05, 4.69) is 37.3 Å². The van der Waals surface area contributed by atoms with Gasteiger partial charge in [0.25, 0.3) is 0 Å². The fraction of sp³-hybridized carbons (Fsp3) is 0.250. The Hall–Kier alpha value is -1.76. The first-order valence-corrected chi connectivity index (χ1v) is 6.03. The van der Waals surface area contributed by atoms with Crippen LogP contribution in [0.2, 0.25) is 0 Å². The van der Waals surface area contributed by atoms with Crippen molar-refractivity contribution in [3.05, 3.63) is 65.7 Å². The minimum Gasteiger partial charge on any atom is -0.290 e. The Bertz CT molecular complexity index is 515. The molecule has 0 amide bonds. The first-order valence-electron chi connectivity index (χ1n) is 6.03. The van der Waals surface area contributed by atoms with Crippen LogP contribution in [0.3, 0.4) is 0 Å². The number of rotatable bonds is 2. The maximum absolute atomic E-state index is 11.1. The van der Waals surface area contributed by atoms with Crippen molar-refractivity contribution in [3.8, 4) is 5.75 Å². The lowest BCUT2D eigenvalue weighted by atomic mass is 9.93. The van der Waals surface area contributed by atoms with Crippen LogP contribution in [-0.4, -0.2) is 0 Å². The van der Waals surface area contributed by atoms with Crippen molar-refractivity contribution >= 4 is 0 Å². The van der Waals surface area contributed by atoms with Crippen molar-refractivity contribution in [2.24, 2.45) is 0 Å². The monoisotopic (exact) mass is 223 g/mol. The van der Waals surface area contributed by atoms with E-state index in [1.54, 1.807) is 12.1 Å². The molecule has 0 N–H and O–H groups in total. The van der Waals surface area contributed by atoms with Crippen LogP contribution < -0.4 is 0 Å². The zero-order valence-corrected chi connectivity index (χ0v) is 9.89. The molecule has 3 rings (SSSR count). The Morgan fingerprint density at radius 3 is 2.29 bits per heavy atom. The molecule has 85 valence electrons. The summed E-state index contributed by atoms with van der Waals surface area (Å²) in [4.78, 5) is 0. The first kappa shape index (κ1) is 10.4. The number of hydrogen-bond donors (Lipinski definition) is 0. The molecular weight excluding hydrogens is 208 g/mol. The van der Waals surface area contributed by atoms with Crippen LogP contribution in [0.15, 0.2) is 54.6 Å². The minimum absolute atomic E-state index is 0.0933. The topological polar surface area (TPSA) is 19.9 Å². The lowest BCUT2D eigenvalue weighted by Crippen LogP contribution is -2.03. The van der Waals surface area contributed by atoms with E-state index in [1.165, 1.54) is 17.5 Å². The Labute approximate surface area is 102 Å². The fourth-order valence-corrected chi connectivity index (χ4v) is 2.69. The van der Waals surface area contributed by atoms with Crippen molar-refractivity contribution in [2.75, 3.05) is 0 Å². The normalized spacial score (nSPS) is 26.8. The highest BCUT2D eigenvalue weighted by atomic mass is 16.3. The van der Waals surface area contributed by atoms with Gasteiger partial charge < -0.3 is 0 Å². The average Bonchev–Trinajstić information content (AvgIpc) is 3.05. The van der Waals surface area contributed by atoms with Gasteiger partial charge in [0.15, 0.2) is 5.75 Å². The van der Waals surface area contributed by atoms with Crippen LogP contribution in [-0.2, 0) is 10.5 Å². The van der Waals surface area contributed by atoms with Gasteiger partial charge in [-0.25, -0.2) is 0 Å². The molecule has 17 heavy (non-hydrogen) atoms. The van der Waals surface area contributed by atoms with Gasteiger partial charge in [-0.2, -0.15) is 0 Å². The predicted molar refractivity (Wildman–Crippen MR) is 67.7 cm³/mol. The summed E-state index contributed by atoms with van der Waals surface area (Å²) >= 11 is 0. The quantitative estimate of drug-likeness (QED) is 0.724. The van der Waals surface area contributed by atoms with E-state index in [4.69, 9.17) is 0 Å². The molecule has 1 aliphatic rings. The second-order valence-electron chi connectivity index (χ2n) is 5.11. The Morgan fingerprint density at radius 2 is 1.65 bits per heavy atom. The lowest BCUT2D eigenvalue weighted by molar-refractivity contribution is 0.355. The van der Waals surface area contributed by atoms with Crippen LogP contribution >= 0.6 is 0 Å². The Morgan fingerprint density at radius 1 is 1.00 bits per heavy atom. The zero-order chi connectivity index (χ0) is 11.9. The van der Waals surface area contributed by atoms with Gasteiger partial charge in [0.1, 0.15) is 0 Å². The fourth-order valence-electron chi connectivity index (χ4n) is 2.69. The molecule has 0 bridgehead atoms. The summed E-state index contributed by atoms with van der Waals surface area (Å²) in [6.07, 6.45) is 1.18. The maximum atomic E-state index is 11.1. The molecule has 0 heterocycles. The zero-order valence-electron chi connectivity index (χ0n) is 9.89. The Balaban J connectivity index is 1.88. The van der Waals surface area contributed by atoms with E-state index in [0.29, 0.717) is 5.92 Å². The molecule has 2 atom stereocenters. The summed E-state index contributed by atoms with van der Waals surface area (Å²) in [6, 6.07) is 17.9. The molecule has 0 saturated heterocycles. The Kier molecular flexibility index (Phi) is 2.22. The second-order valence-corrected chi connectivity index (χ2v) is 5.11. The van der Waals surface area contributed by atoms with Crippen molar-refractivity contribution in [1.29, 1.82) is 0 Å². The van der Waals surface area contributed by atoms with E-state index < -0.39 is 0 Å². The van der Waals surface area contributed by atoms with Gasteiger partial charge in [0, 0.05) is 0 Å². The second kappa shape index (κ2) is 3.63. The van der Waals surface area contributed by atoms with Crippen molar-refractivity contribution in [3.63, 3.8) is 0 Å². The van der Waals surface area contributed by atoms with Gasteiger partial charge in [-0.1, -0.05) is 49.4 Å². The summed E-state index contributed by atoms with van der Waals surface area (Å²) in [7, 11) is 0. The van der Waals surface area contributed by atoms with E-state index in [0.717, 1.165) is 0 Å². The summed E-state index contributed by atoms with van der Waals surface area (Å²) < 4.78 is 0. The number of benzene rings is 2. The first-order chi connectivity index (χ1) is 8.20. The molecule has 1 nitrogen and oxygen atoms in total. The van der Waals surface area contributed by atoms with Crippen LogP contribution in [0, 0.1) is 0 Å². The maximum Gasteiger partial charge on any atom is 0.178 e. The van der Waals surface area contributed by atoms with Crippen LogP contribution in [0.5, 0.6) is 5.75 Å². The molecule has 0 aromatic heterocycles. The van der Waals surface area contributed by atoms with Gasteiger partial charge in [0.2, 0.25) is 0 Å².